The SMILES string of the molecule is C[C@H](Cn1cccn1)C(=O)N1CCC(Oc2ccncc2)CC1. The predicted octanol–water partition coefficient (Wildman–Crippen LogP) is 1.98. The third kappa shape index (κ3) is 4.09. The second-order valence-corrected chi connectivity index (χ2v) is 5.95. The van der Waals surface area contributed by atoms with Gasteiger partial charge in [0.15, 0.2) is 0 Å². The van der Waals surface area contributed by atoms with Crippen LogP contribution in [0.4, 0.5) is 0 Å². The molecule has 0 aromatic carbocycles. The van der Waals surface area contributed by atoms with Gasteiger partial charge in [0.05, 0.1) is 12.5 Å². The van der Waals surface area contributed by atoms with Crippen molar-refractivity contribution in [2.24, 2.45) is 5.92 Å². The number of hydrogen-bond donors (Lipinski definition) is 0. The topological polar surface area (TPSA) is 60.2 Å². The molecule has 1 amide bonds. The Morgan fingerprint density at radius 1 is 1.30 bits per heavy atom. The second-order valence-electron chi connectivity index (χ2n) is 5.95. The summed E-state index contributed by atoms with van der Waals surface area (Å²) in [5.41, 5.74) is 0. The number of carbonyl (C=O) groups is 1. The monoisotopic (exact) mass is 314 g/mol. The molecule has 6 heteroatoms. The molecule has 1 aliphatic heterocycles. The molecule has 3 heterocycles. The first kappa shape index (κ1) is 15.5. The minimum absolute atomic E-state index is 0.0624. The fourth-order valence-electron chi connectivity index (χ4n) is 2.88. The van der Waals surface area contributed by atoms with Gasteiger partial charge >= 0.3 is 0 Å². The second kappa shape index (κ2) is 7.26. The molecule has 1 aliphatic rings. The van der Waals surface area contributed by atoms with E-state index in [9.17, 15) is 4.79 Å². The smallest absolute Gasteiger partial charge is 0.227 e. The first-order valence-electron chi connectivity index (χ1n) is 8.05. The summed E-state index contributed by atoms with van der Waals surface area (Å²) in [7, 11) is 0. The van der Waals surface area contributed by atoms with Crippen molar-refractivity contribution in [1.29, 1.82) is 0 Å². The van der Waals surface area contributed by atoms with E-state index in [1.54, 1.807) is 18.6 Å². The fraction of sp³-hybridized carbons (Fsp3) is 0.471. The number of pyridine rings is 1. The number of carbonyl (C=O) groups excluding carboxylic acids is 1. The van der Waals surface area contributed by atoms with Crippen molar-refractivity contribution in [1.82, 2.24) is 19.7 Å². The lowest BCUT2D eigenvalue weighted by atomic mass is 10.0. The molecule has 0 bridgehead atoms. The van der Waals surface area contributed by atoms with Crippen molar-refractivity contribution in [3.8, 4) is 5.75 Å². The summed E-state index contributed by atoms with van der Waals surface area (Å²) < 4.78 is 7.74. The zero-order valence-corrected chi connectivity index (χ0v) is 13.3. The van der Waals surface area contributed by atoms with Gasteiger partial charge in [-0.3, -0.25) is 14.5 Å². The molecule has 1 fully saturated rings. The normalized spacial score (nSPS) is 17.0. The van der Waals surface area contributed by atoms with Crippen molar-refractivity contribution >= 4 is 5.91 Å². The molecule has 0 spiro atoms. The van der Waals surface area contributed by atoms with E-state index in [1.165, 1.54) is 0 Å². The number of amides is 1. The van der Waals surface area contributed by atoms with Gasteiger partial charge in [0.1, 0.15) is 11.9 Å². The van der Waals surface area contributed by atoms with E-state index in [1.807, 2.05) is 40.9 Å². The van der Waals surface area contributed by atoms with E-state index < -0.39 is 0 Å². The minimum atomic E-state index is -0.0624. The lowest BCUT2D eigenvalue weighted by molar-refractivity contribution is -0.137. The van der Waals surface area contributed by atoms with Gasteiger partial charge in [-0.2, -0.15) is 5.10 Å². The third-order valence-corrected chi connectivity index (χ3v) is 4.15. The van der Waals surface area contributed by atoms with Crippen LogP contribution in [0.25, 0.3) is 0 Å². The largest absolute Gasteiger partial charge is 0.490 e. The Kier molecular flexibility index (Phi) is 4.90. The van der Waals surface area contributed by atoms with Crippen LogP contribution >= 0.6 is 0 Å². The molecule has 0 saturated carbocycles. The van der Waals surface area contributed by atoms with Gasteiger partial charge in [0, 0.05) is 50.7 Å². The quantitative estimate of drug-likeness (QED) is 0.847. The lowest BCUT2D eigenvalue weighted by Crippen LogP contribution is -2.44. The van der Waals surface area contributed by atoms with Crippen molar-refractivity contribution in [3.63, 3.8) is 0 Å². The highest BCUT2D eigenvalue weighted by Gasteiger charge is 2.27. The van der Waals surface area contributed by atoms with Gasteiger partial charge < -0.3 is 9.64 Å². The Labute approximate surface area is 136 Å². The van der Waals surface area contributed by atoms with E-state index in [0.29, 0.717) is 6.54 Å². The fourth-order valence-corrected chi connectivity index (χ4v) is 2.88. The standard InChI is InChI=1S/C17H22N4O2/c1-14(13-21-10-2-7-19-21)17(22)20-11-5-16(6-12-20)23-15-3-8-18-9-4-15/h2-4,7-10,14,16H,5-6,11-13H2,1H3/t14-/m1/s1. The van der Waals surface area contributed by atoms with E-state index in [2.05, 4.69) is 10.1 Å². The van der Waals surface area contributed by atoms with Crippen LogP contribution in [0.1, 0.15) is 19.8 Å². The number of nitrogens with zero attached hydrogens (tertiary/aromatic N) is 4. The zero-order valence-electron chi connectivity index (χ0n) is 13.3. The average Bonchev–Trinajstić information content (AvgIpc) is 3.09. The number of piperidine rings is 1. The van der Waals surface area contributed by atoms with E-state index >= 15 is 0 Å². The van der Waals surface area contributed by atoms with Gasteiger partial charge in [-0.15, -0.1) is 0 Å². The molecule has 0 aliphatic carbocycles. The Hall–Kier alpha value is -2.37. The maximum Gasteiger partial charge on any atom is 0.227 e. The van der Waals surface area contributed by atoms with Crippen molar-refractivity contribution in [2.45, 2.75) is 32.4 Å². The van der Waals surface area contributed by atoms with Crippen LogP contribution in [0, 0.1) is 5.92 Å². The molecule has 2 aromatic rings. The van der Waals surface area contributed by atoms with Crippen LogP contribution in [-0.4, -0.2) is 44.8 Å². The summed E-state index contributed by atoms with van der Waals surface area (Å²) in [4.78, 5) is 18.5. The van der Waals surface area contributed by atoms with Crippen LogP contribution in [0.5, 0.6) is 5.75 Å². The van der Waals surface area contributed by atoms with E-state index in [0.717, 1.165) is 31.7 Å². The minimum Gasteiger partial charge on any atom is -0.490 e. The van der Waals surface area contributed by atoms with Crippen molar-refractivity contribution in [2.75, 3.05) is 13.1 Å². The Morgan fingerprint density at radius 2 is 2.04 bits per heavy atom. The first-order valence-corrected chi connectivity index (χ1v) is 8.05. The molecule has 3 rings (SSSR count). The summed E-state index contributed by atoms with van der Waals surface area (Å²) >= 11 is 0. The molecule has 2 aromatic heterocycles. The van der Waals surface area contributed by atoms with Crippen LogP contribution in [0.2, 0.25) is 0 Å². The van der Waals surface area contributed by atoms with E-state index in [-0.39, 0.29) is 17.9 Å². The summed E-state index contributed by atoms with van der Waals surface area (Å²) in [5.74, 6) is 0.979. The highest BCUT2D eigenvalue weighted by Crippen LogP contribution is 2.19. The number of aromatic nitrogens is 3. The molecule has 0 unspecified atom stereocenters. The molecule has 0 N–H and O–H groups in total. The van der Waals surface area contributed by atoms with Crippen molar-refractivity contribution in [3.05, 3.63) is 43.0 Å². The molecular formula is C17H22N4O2. The summed E-state index contributed by atoms with van der Waals surface area (Å²) in [5, 5.41) is 4.16. The molecule has 122 valence electrons. The highest BCUT2D eigenvalue weighted by atomic mass is 16.5. The van der Waals surface area contributed by atoms with Gasteiger partial charge in [0.25, 0.3) is 0 Å². The van der Waals surface area contributed by atoms with Gasteiger partial charge in [-0.25, -0.2) is 0 Å². The summed E-state index contributed by atoms with van der Waals surface area (Å²) in [6.45, 7) is 4.08. The molecule has 6 nitrogen and oxygen atoms in total. The Balaban J connectivity index is 1.47. The van der Waals surface area contributed by atoms with Gasteiger partial charge in [-0.1, -0.05) is 6.92 Å². The number of likely N-dealkylation sites (tertiary alicyclic amines) is 1. The summed E-state index contributed by atoms with van der Waals surface area (Å²) in [6.07, 6.45) is 8.97. The van der Waals surface area contributed by atoms with Gasteiger partial charge in [0.2, 0.25) is 5.91 Å². The maximum atomic E-state index is 12.5. The first-order chi connectivity index (χ1) is 11.2. The number of rotatable bonds is 5. The molecule has 1 atom stereocenters. The third-order valence-electron chi connectivity index (χ3n) is 4.15. The Morgan fingerprint density at radius 3 is 2.70 bits per heavy atom. The number of ether oxygens (including phenoxy) is 1. The average molecular weight is 314 g/mol. The Bertz CT molecular complexity index is 607. The van der Waals surface area contributed by atoms with Crippen LogP contribution < -0.4 is 4.74 Å². The van der Waals surface area contributed by atoms with Crippen LogP contribution in [0.15, 0.2) is 43.0 Å². The molecule has 0 radical (unpaired) electrons. The van der Waals surface area contributed by atoms with E-state index in [4.69, 9.17) is 4.74 Å². The maximum absolute atomic E-state index is 12.5. The van der Waals surface area contributed by atoms with Crippen LogP contribution in [0.3, 0.4) is 0 Å². The molecular weight excluding hydrogens is 292 g/mol. The van der Waals surface area contributed by atoms with Gasteiger partial charge in [-0.05, 0) is 18.2 Å². The molecule has 1 saturated heterocycles. The lowest BCUT2D eigenvalue weighted by Gasteiger charge is -2.33. The predicted molar refractivity (Wildman–Crippen MR) is 85.9 cm³/mol. The van der Waals surface area contributed by atoms with Crippen molar-refractivity contribution < 1.29 is 9.53 Å². The summed E-state index contributed by atoms with van der Waals surface area (Å²) in [6, 6.07) is 5.60. The van der Waals surface area contributed by atoms with Crippen LogP contribution in [-0.2, 0) is 11.3 Å². The molecule has 23 heavy (non-hydrogen) atoms. The highest BCUT2D eigenvalue weighted by molar-refractivity contribution is 5.78. The zero-order chi connectivity index (χ0) is 16.1. The number of hydrogen-bond acceptors (Lipinski definition) is 4.